The summed E-state index contributed by atoms with van der Waals surface area (Å²) in [7, 11) is 1.89. The van der Waals surface area contributed by atoms with Gasteiger partial charge in [0.25, 0.3) is 5.91 Å². The first-order valence-electron chi connectivity index (χ1n) is 8.98. The highest BCUT2D eigenvalue weighted by Crippen LogP contribution is 2.20. The summed E-state index contributed by atoms with van der Waals surface area (Å²) in [4.78, 5) is 32.7. The number of rotatable bonds is 6. The van der Waals surface area contributed by atoms with Crippen molar-refractivity contribution < 1.29 is 9.59 Å². The fraction of sp³-hybridized carbons (Fsp3) is 0.300. The van der Waals surface area contributed by atoms with Crippen molar-refractivity contribution in [2.45, 2.75) is 26.8 Å². The van der Waals surface area contributed by atoms with E-state index < -0.39 is 0 Å². The number of pyridine rings is 1. The zero-order valence-corrected chi connectivity index (χ0v) is 16.7. The Bertz CT molecular complexity index is 1010. The summed E-state index contributed by atoms with van der Waals surface area (Å²) in [6.07, 6.45) is 1.90. The number of fused-ring (bicyclic) bond motifs is 1. The maximum Gasteiger partial charge on any atom is 0.253 e. The lowest BCUT2D eigenvalue weighted by molar-refractivity contribution is -0.116. The molecule has 2 N–H and O–H groups in total. The van der Waals surface area contributed by atoms with Gasteiger partial charge in [0.15, 0.2) is 0 Å². The van der Waals surface area contributed by atoms with Crippen molar-refractivity contribution in [1.82, 2.24) is 19.9 Å². The van der Waals surface area contributed by atoms with E-state index in [1.165, 1.54) is 6.20 Å². The summed E-state index contributed by atoms with van der Waals surface area (Å²) in [5.41, 5.74) is 2.80. The van der Waals surface area contributed by atoms with Gasteiger partial charge in [0.05, 0.1) is 23.1 Å². The average molecular weight is 400 g/mol. The van der Waals surface area contributed by atoms with Crippen molar-refractivity contribution in [2.75, 3.05) is 5.32 Å². The molecule has 0 bridgehead atoms. The molecule has 3 rings (SSSR count). The fourth-order valence-electron chi connectivity index (χ4n) is 2.84. The summed E-state index contributed by atoms with van der Waals surface area (Å²) in [6, 6.07) is 8.78. The zero-order chi connectivity index (χ0) is 20.3. The highest BCUT2D eigenvalue weighted by atomic mass is 35.5. The summed E-state index contributed by atoms with van der Waals surface area (Å²) >= 11 is 5.74. The van der Waals surface area contributed by atoms with E-state index in [1.54, 1.807) is 12.1 Å². The number of aryl methyl sites for hydroxylation is 1. The lowest BCUT2D eigenvalue weighted by Gasteiger charge is -2.07. The van der Waals surface area contributed by atoms with Crippen LogP contribution in [-0.4, -0.2) is 26.3 Å². The third kappa shape index (κ3) is 4.67. The normalized spacial score (nSPS) is 11.0. The van der Waals surface area contributed by atoms with Crippen LogP contribution >= 0.6 is 11.6 Å². The molecule has 8 heteroatoms. The summed E-state index contributed by atoms with van der Waals surface area (Å²) in [6.45, 7) is 4.27. The number of hydrogen-bond donors (Lipinski definition) is 2. The van der Waals surface area contributed by atoms with E-state index in [2.05, 4.69) is 20.6 Å². The molecule has 28 heavy (non-hydrogen) atoms. The largest absolute Gasteiger partial charge is 0.345 e. The van der Waals surface area contributed by atoms with Crippen LogP contribution in [0.2, 0.25) is 5.15 Å². The Labute approximate surface area is 168 Å². The molecular formula is C20H22ClN5O2. The van der Waals surface area contributed by atoms with E-state index in [0.717, 1.165) is 11.0 Å². The maximum absolute atomic E-state index is 12.2. The van der Waals surface area contributed by atoms with Gasteiger partial charge in [-0.3, -0.25) is 9.59 Å². The van der Waals surface area contributed by atoms with Gasteiger partial charge in [-0.05, 0) is 36.2 Å². The molecule has 0 atom stereocenters. The first-order chi connectivity index (χ1) is 13.3. The summed E-state index contributed by atoms with van der Waals surface area (Å²) < 4.78 is 1.91. The molecule has 2 aromatic heterocycles. The minimum atomic E-state index is -0.252. The predicted octanol–water partition coefficient (Wildman–Crippen LogP) is 3.54. The van der Waals surface area contributed by atoms with Crippen LogP contribution in [0, 0.1) is 5.92 Å². The Kier molecular flexibility index (Phi) is 5.94. The average Bonchev–Trinajstić information content (AvgIpc) is 2.95. The Morgan fingerprint density at radius 2 is 2.00 bits per heavy atom. The number of carbonyl (C=O) groups is 2. The van der Waals surface area contributed by atoms with Crippen LogP contribution in [0.4, 0.5) is 5.69 Å². The van der Waals surface area contributed by atoms with Crippen molar-refractivity contribution in [3.63, 3.8) is 0 Å². The van der Waals surface area contributed by atoms with Gasteiger partial charge in [-0.1, -0.05) is 25.4 Å². The van der Waals surface area contributed by atoms with Gasteiger partial charge in [-0.2, -0.15) is 0 Å². The SMILES string of the molecule is CC(C)CC(=O)Nc1ccc2c(c1)nc(CNC(=O)c1ccc(Cl)nc1)n2C. The van der Waals surface area contributed by atoms with Crippen LogP contribution < -0.4 is 10.6 Å². The smallest absolute Gasteiger partial charge is 0.253 e. The lowest BCUT2D eigenvalue weighted by Crippen LogP contribution is -2.24. The van der Waals surface area contributed by atoms with Crippen LogP contribution in [0.3, 0.4) is 0 Å². The Hall–Kier alpha value is -2.93. The first-order valence-corrected chi connectivity index (χ1v) is 9.36. The van der Waals surface area contributed by atoms with Crippen molar-refractivity contribution in [3.05, 3.63) is 53.1 Å². The van der Waals surface area contributed by atoms with E-state index in [4.69, 9.17) is 11.6 Å². The number of carbonyl (C=O) groups excluding carboxylic acids is 2. The number of benzene rings is 1. The maximum atomic E-state index is 12.2. The molecule has 0 saturated heterocycles. The molecule has 2 amide bonds. The van der Waals surface area contributed by atoms with Gasteiger partial charge in [-0.15, -0.1) is 0 Å². The van der Waals surface area contributed by atoms with Gasteiger partial charge in [0.1, 0.15) is 11.0 Å². The Morgan fingerprint density at radius 1 is 1.21 bits per heavy atom. The van der Waals surface area contributed by atoms with Crippen LogP contribution in [-0.2, 0) is 18.4 Å². The van der Waals surface area contributed by atoms with Crippen LogP contribution in [0.5, 0.6) is 0 Å². The van der Waals surface area contributed by atoms with Crippen molar-refractivity contribution in [2.24, 2.45) is 13.0 Å². The van der Waals surface area contributed by atoms with E-state index in [-0.39, 0.29) is 18.4 Å². The Morgan fingerprint density at radius 3 is 2.68 bits per heavy atom. The molecule has 0 unspecified atom stereocenters. The molecule has 0 aliphatic carbocycles. The number of aromatic nitrogens is 3. The third-order valence-electron chi connectivity index (χ3n) is 4.25. The van der Waals surface area contributed by atoms with Crippen LogP contribution in [0.15, 0.2) is 36.5 Å². The second-order valence-corrected chi connectivity index (χ2v) is 7.38. The highest BCUT2D eigenvalue weighted by molar-refractivity contribution is 6.29. The molecule has 0 fully saturated rings. The van der Waals surface area contributed by atoms with Gasteiger partial charge in [0.2, 0.25) is 5.91 Å². The van der Waals surface area contributed by atoms with Crippen LogP contribution in [0.1, 0.15) is 36.5 Å². The quantitative estimate of drug-likeness (QED) is 0.620. The van der Waals surface area contributed by atoms with E-state index >= 15 is 0 Å². The van der Waals surface area contributed by atoms with Crippen molar-refractivity contribution in [3.8, 4) is 0 Å². The molecule has 146 valence electrons. The summed E-state index contributed by atoms with van der Waals surface area (Å²) in [5, 5.41) is 6.06. The molecule has 0 aliphatic rings. The topological polar surface area (TPSA) is 88.9 Å². The fourth-order valence-corrected chi connectivity index (χ4v) is 2.95. The first kappa shape index (κ1) is 19.8. The zero-order valence-electron chi connectivity index (χ0n) is 16.0. The van der Waals surface area contributed by atoms with Gasteiger partial charge >= 0.3 is 0 Å². The Balaban J connectivity index is 1.71. The molecule has 0 radical (unpaired) electrons. The number of amides is 2. The van der Waals surface area contributed by atoms with Crippen molar-refractivity contribution in [1.29, 1.82) is 0 Å². The van der Waals surface area contributed by atoms with E-state index in [9.17, 15) is 9.59 Å². The van der Waals surface area contributed by atoms with Crippen molar-refractivity contribution >= 4 is 40.1 Å². The molecule has 1 aromatic carbocycles. The molecule has 0 spiro atoms. The van der Waals surface area contributed by atoms with Crippen LogP contribution in [0.25, 0.3) is 11.0 Å². The number of halogens is 1. The standard InChI is InChI=1S/C20H22ClN5O2/c1-12(2)8-19(27)24-14-5-6-16-15(9-14)25-18(26(16)3)11-23-20(28)13-4-7-17(21)22-10-13/h4-7,9-10,12H,8,11H2,1-3H3,(H,23,28)(H,24,27). The lowest BCUT2D eigenvalue weighted by atomic mass is 10.1. The minimum Gasteiger partial charge on any atom is -0.345 e. The molecule has 2 heterocycles. The predicted molar refractivity (Wildman–Crippen MR) is 109 cm³/mol. The monoisotopic (exact) mass is 399 g/mol. The molecule has 0 saturated carbocycles. The van der Waals surface area contributed by atoms with E-state index in [1.807, 2.05) is 43.7 Å². The minimum absolute atomic E-state index is 0.0191. The molecular weight excluding hydrogens is 378 g/mol. The number of hydrogen-bond acceptors (Lipinski definition) is 4. The second kappa shape index (κ2) is 8.39. The van der Waals surface area contributed by atoms with E-state index in [0.29, 0.717) is 34.6 Å². The number of nitrogens with zero attached hydrogens (tertiary/aromatic N) is 3. The number of nitrogens with one attached hydrogen (secondary N) is 2. The van der Waals surface area contributed by atoms with Gasteiger partial charge in [0, 0.05) is 25.4 Å². The summed E-state index contributed by atoms with van der Waals surface area (Å²) in [5.74, 6) is 0.729. The van der Waals surface area contributed by atoms with Gasteiger partial charge < -0.3 is 15.2 Å². The molecule has 7 nitrogen and oxygen atoms in total. The second-order valence-electron chi connectivity index (χ2n) is 6.99. The van der Waals surface area contributed by atoms with Gasteiger partial charge in [-0.25, -0.2) is 9.97 Å². The number of anilines is 1. The molecule has 0 aliphatic heterocycles. The highest BCUT2D eigenvalue weighted by Gasteiger charge is 2.12. The third-order valence-corrected chi connectivity index (χ3v) is 4.47. The number of imidazole rings is 1. The molecule has 3 aromatic rings.